The Morgan fingerprint density at radius 2 is 1.75 bits per heavy atom. The summed E-state index contributed by atoms with van der Waals surface area (Å²) in [6.45, 7) is 3.54. The Morgan fingerprint density at radius 3 is 2.42 bits per heavy atom. The van der Waals surface area contributed by atoms with E-state index in [1.807, 2.05) is 0 Å². The first-order chi connectivity index (χ1) is 11.6. The smallest absolute Gasteiger partial charge is 0.251 e. The van der Waals surface area contributed by atoms with Crippen molar-refractivity contribution in [2.75, 3.05) is 18.4 Å². The van der Waals surface area contributed by atoms with Gasteiger partial charge in [-0.3, -0.25) is 14.5 Å². The minimum absolute atomic E-state index is 0.0279. The van der Waals surface area contributed by atoms with Gasteiger partial charge in [-0.1, -0.05) is 19.3 Å². The first-order valence-corrected chi connectivity index (χ1v) is 9.04. The summed E-state index contributed by atoms with van der Waals surface area (Å²) in [7, 11) is 0. The van der Waals surface area contributed by atoms with E-state index in [-0.39, 0.29) is 17.9 Å². The molecule has 0 bridgehead atoms. The Hall–Kier alpha value is -1.88. The van der Waals surface area contributed by atoms with Crippen molar-refractivity contribution in [3.8, 4) is 0 Å². The normalized spacial score (nSPS) is 22.3. The first-order valence-electron chi connectivity index (χ1n) is 9.04. The number of nitrogens with one attached hydrogen (secondary N) is 2. The fourth-order valence-electron chi connectivity index (χ4n) is 3.86. The molecule has 1 saturated heterocycles. The maximum atomic E-state index is 12.4. The van der Waals surface area contributed by atoms with Gasteiger partial charge in [-0.2, -0.15) is 0 Å². The van der Waals surface area contributed by atoms with Crippen LogP contribution in [0.5, 0.6) is 0 Å². The zero-order chi connectivity index (χ0) is 16.9. The Bertz CT molecular complexity index is 579. The van der Waals surface area contributed by atoms with Gasteiger partial charge in [0, 0.05) is 43.3 Å². The topological polar surface area (TPSA) is 61.4 Å². The molecule has 24 heavy (non-hydrogen) atoms. The van der Waals surface area contributed by atoms with Gasteiger partial charge in [0.25, 0.3) is 5.91 Å². The number of benzene rings is 1. The number of hydrogen-bond donors (Lipinski definition) is 2. The highest BCUT2D eigenvalue weighted by molar-refractivity contribution is 5.95. The molecule has 1 aliphatic carbocycles. The van der Waals surface area contributed by atoms with Crippen molar-refractivity contribution < 1.29 is 9.59 Å². The van der Waals surface area contributed by atoms with Crippen molar-refractivity contribution in [3.63, 3.8) is 0 Å². The third-order valence-corrected chi connectivity index (χ3v) is 5.11. The van der Waals surface area contributed by atoms with Crippen LogP contribution in [-0.4, -0.2) is 41.9 Å². The lowest BCUT2D eigenvalue weighted by Gasteiger charge is -2.31. The van der Waals surface area contributed by atoms with E-state index < -0.39 is 0 Å². The molecule has 5 heteroatoms. The molecule has 0 aromatic heterocycles. The highest BCUT2D eigenvalue weighted by Gasteiger charge is 2.29. The molecule has 3 rings (SSSR count). The van der Waals surface area contributed by atoms with Crippen molar-refractivity contribution in [2.45, 2.75) is 57.5 Å². The Kier molecular flexibility index (Phi) is 5.51. The molecular weight excluding hydrogens is 302 g/mol. The standard InChI is InChI=1S/C19H27N3O2/c1-14(23)20-16-9-7-15(8-10-16)19(24)21-17-11-12-22(13-17)18-5-3-2-4-6-18/h7-10,17-18H,2-6,11-13H2,1H3,(H,20,23)(H,21,24). The van der Waals surface area contributed by atoms with Gasteiger partial charge >= 0.3 is 0 Å². The molecule has 1 atom stereocenters. The molecule has 2 fully saturated rings. The number of likely N-dealkylation sites (tertiary alicyclic amines) is 1. The first kappa shape index (κ1) is 17.0. The maximum Gasteiger partial charge on any atom is 0.251 e. The van der Waals surface area contributed by atoms with Crippen LogP contribution in [0.1, 0.15) is 55.8 Å². The van der Waals surface area contributed by atoms with Crippen LogP contribution in [0.25, 0.3) is 0 Å². The maximum absolute atomic E-state index is 12.4. The quantitative estimate of drug-likeness (QED) is 0.893. The van der Waals surface area contributed by atoms with E-state index in [9.17, 15) is 9.59 Å². The summed E-state index contributed by atoms with van der Waals surface area (Å²) in [5.74, 6) is -0.138. The van der Waals surface area contributed by atoms with Crippen molar-refractivity contribution in [1.29, 1.82) is 0 Å². The Labute approximate surface area is 143 Å². The summed E-state index contributed by atoms with van der Waals surface area (Å²) in [5.41, 5.74) is 1.35. The number of rotatable bonds is 4. The van der Waals surface area contributed by atoms with Gasteiger partial charge in [0.15, 0.2) is 0 Å². The van der Waals surface area contributed by atoms with Crippen LogP contribution in [0.2, 0.25) is 0 Å². The van der Waals surface area contributed by atoms with Crippen molar-refractivity contribution in [1.82, 2.24) is 10.2 Å². The summed E-state index contributed by atoms with van der Waals surface area (Å²) in [5, 5.41) is 5.87. The predicted molar refractivity (Wildman–Crippen MR) is 95.1 cm³/mol. The van der Waals surface area contributed by atoms with E-state index in [1.54, 1.807) is 24.3 Å². The minimum Gasteiger partial charge on any atom is -0.348 e. The predicted octanol–water partition coefficient (Wildman–Crippen LogP) is 2.78. The van der Waals surface area contributed by atoms with Crippen LogP contribution in [0.4, 0.5) is 5.69 Å². The Balaban J connectivity index is 1.50. The van der Waals surface area contributed by atoms with Gasteiger partial charge in [0.2, 0.25) is 5.91 Å². The molecule has 1 aliphatic heterocycles. The largest absolute Gasteiger partial charge is 0.348 e. The molecule has 1 heterocycles. The van der Waals surface area contributed by atoms with Crippen LogP contribution in [-0.2, 0) is 4.79 Å². The van der Waals surface area contributed by atoms with E-state index in [1.165, 1.54) is 39.0 Å². The van der Waals surface area contributed by atoms with Gasteiger partial charge in [0.05, 0.1) is 0 Å². The van der Waals surface area contributed by atoms with Gasteiger partial charge in [-0.25, -0.2) is 0 Å². The van der Waals surface area contributed by atoms with Crippen LogP contribution < -0.4 is 10.6 Å². The second-order valence-corrected chi connectivity index (χ2v) is 7.00. The average molecular weight is 329 g/mol. The SMILES string of the molecule is CC(=O)Nc1ccc(C(=O)NC2CCN(C3CCCCC3)C2)cc1. The van der Waals surface area contributed by atoms with Crippen LogP contribution in [0.3, 0.4) is 0 Å². The fourth-order valence-corrected chi connectivity index (χ4v) is 3.86. The summed E-state index contributed by atoms with van der Waals surface area (Å²) >= 11 is 0. The highest BCUT2D eigenvalue weighted by Crippen LogP contribution is 2.25. The third-order valence-electron chi connectivity index (χ3n) is 5.11. The lowest BCUT2D eigenvalue weighted by atomic mass is 9.94. The molecule has 1 aromatic rings. The number of anilines is 1. The van der Waals surface area contributed by atoms with E-state index in [2.05, 4.69) is 15.5 Å². The number of nitrogens with zero attached hydrogens (tertiary/aromatic N) is 1. The van der Waals surface area contributed by atoms with E-state index >= 15 is 0 Å². The van der Waals surface area contributed by atoms with Gasteiger partial charge in [0.1, 0.15) is 0 Å². The summed E-state index contributed by atoms with van der Waals surface area (Å²) in [4.78, 5) is 26.0. The molecule has 2 N–H and O–H groups in total. The lowest BCUT2D eigenvalue weighted by molar-refractivity contribution is -0.114. The number of carbonyl (C=O) groups is 2. The highest BCUT2D eigenvalue weighted by atomic mass is 16.2. The minimum atomic E-state index is -0.110. The molecule has 1 saturated carbocycles. The van der Waals surface area contributed by atoms with Gasteiger partial charge in [-0.05, 0) is 43.5 Å². The summed E-state index contributed by atoms with van der Waals surface area (Å²) in [6, 6.07) is 8.01. The molecule has 1 unspecified atom stereocenters. The van der Waals surface area contributed by atoms with Crippen molar-refractivity contribution >= 4 is 17.5 Å². The third kappa shape index (κ3) is 4.35. The molecule has 130 valence electrons. The summed E-state index contributed by atoms with van der Waals surface area (Å²) in [6.07, 6.45) is 7.72. The molecule has 2 aliphatic rings. The zero-order valence-corrected chi connectivity index (χ0v) is 14.4. The molecule has 0 spiro atoms. The van der Waals surface area contributed by atoms with Gasteiger partial charge in [-0.15, -0.1) is 0 Å². The fraction of sp³-hybridized carbons (Fsp3) is 0.579. The lowest BCUT2D eigenvalue weighted by Crippen LogP contribution is -2.40. The molecule has 0 radical (unpaired) electrons. The van der Waals surface area contributed by atoms with E-state index in [4.69, 9.17) is 0 Å². The van der Waals surface area contributed by atoms with Crippen molar-refractivity contribution in [2.24, 2.45) is 0 Å². The second kappa shape index (κ2) is 7.79. The van der Waals surface area contributed by atoms with Crippen LogP contribution in [0, 0.1) is 0 Å². The number of hydrogen-bond acceptors (Lipinski definition) is 3. The zero-order valence-electron chi connectivity index (χ0n) is 14.4. The van der Waals surface area contributed by atoms with Gasteiger partial charge < -0.3 is 10.6 Å². The van der Waals surface area contributed by atoms with Crippen LogP contribution in [0.15, 0.2) is 24.3 Å². The molecule has 2 amide bonds. The number of amides is 2. The number of carbonyl (C=O) groups excluding carboxylic acids is 2. The monoisotopic (exact) mass is 329 g/mol. The van der Waals surface area contributed by atoms with E-state index in [0.29, 0.717) is 11.3 Å². The molecule has 5 nitrogen and oxygen atoms in total. The van der Waals surface area contributed by atoms with Crippen molar-refractivity contribution in [3.05, 3.63) is 29.8 Å². The van der Waals surface area contributed by atoms with Crippen LogP contribution >= 0.6 is 0 Å². The van der Waals surface area contributed by atoms with E-state index in [0.717, 1.165) is 25.6 Å². The Morgan fingerprint density at radius 1 is 1.04 bits per heavy atom. The average Bonchev–Trinajstić information content (AvgIpc) is 3.04. The molecule has 1 aromatic carbocycles. The molecular formula is C19H27N3O2. The summed E-state index contributed by atoms with van der Waals surface area (Å²) < 4.78 is 0. The second-order valence-electron chi connectivity index (χ2n) is 7.00.